The maximum Gasteiger partial charge on any atom is 0.227 e. The Hall–Kier alpha value is -0.870. The van der Waals surface area contributed by atoms with E-state index in [4.69, 9.17) is 4.74 Å². The van der Waals surface area contributed by atoms with E-state index in [9.17, 15) is 4.79 Å². The summed E-state index contributed by atoms with van der Waals surface area (Å²) < 4.78 is 5.56. The fraction of sp³-hybridized carbons (Fsp3) is 0.643. The summed E-state index contributed by atoms with van der Waals surface area (Å²) in [6.45, 7) is 5.51. The van der Waals surface area contributed by atoms with Gasteiger partial charge >= 0.3 is 0 Å². The van der Waals surface area contributed by atoms with Crippen LogP contribution in [-0.4, -0.2) is 37.1 Å². The van der Waals surface area contributed by atoms with E-state index in [0.717, 1.165) is 44.7 Å². The lowest BCUT2D eigenvalue weighted by atomic mass is 10.1. The number of nitrogens with zero attached hydrogens (tertiary/aromatic N) is 1. The Morgan fingerprint density at radius 2 is 2.50 bits per heavy atom. The highest BCUT2D eigenvalue weighted by Gasteiger charge is 2.26. The zero-order chi connectivity index (χ0) is 12.8. The van der Waals surface area contributed by atoms with Gasteiger partial charge in [-0.15, -0.1) is 0 Å². The van der Waals surface area contributed by atoms with Gasteiger partial charge in [0.25, 0.3) is 0 Å². The Labute approximate surface area is 113 Å². The number of hydrogen-bond donors (Lipinski definition) is 0. The summed E-state index contributed by atoms with van der Waals surface area (Å²) in [5.41, 5.74) is 1.13. The molecule has 18 heavy (non-hydrogen) atoms. The van der Waals surface area contributed by atoms with Crippen LogP contribution in [0.5, 0.6) is 0 Å². The van der Waals surface area contributed by atoms with Crippen LogP contribution in [0.3, 0.4) is 0 Å². The molecular formula is C14H21NO2S. The van der Waals surface area contributed by atoms with Gasteiger partial charge in [-0.25, -0.2) is 0 Å². The third-order valence-electron chi connectivity index (χ3n) is 3.28. The number of carbonyl (C=O) groups is 1. The predicted molar refractivity (Wildman–Crippen MR) is 73.8 cm³/mol. The average Bonchev–Trinajstić information content (AvgIpc) is 3.00. The van der Waals surface area contributed by atoms with Crippen molar-refractivity contribution in [2.75, 3.05) is 26.3 Å². The maximum atomic E-state index is 12.1. The van der Waals surface area contributed by atoms with Crippen LogP contribution < -0.4 is 0 Å². The minimum atomic E-state index is 0.256. The monoisotopic (exact) mass is 267 g/mol. The van der Waals surface area contributed by atoms with E-state index in [1.54, 1.807) is 11.3 Å². The van der Waals surface area contributed by atoms with E-state index >= 15 is 0 Å². The Balaban J connectivity index is 1.72. The van der Waals surface area contributed by atoms with Crippen LogP contribution in [0, 0.1) is 5.92 Å². The van der Waals surface area contributed by atoms with Crippen molar-refractivity contribution in [2.24, 2.45) is 5.92 Å². The Kier molecular flexibility index (Phi) is 5.20. The molecule has 1 aliphatic heterocycles. The van der Waals surface area contributed by atoms with Crippen LogP contribution in [0.2, 0.25) is 0 Å². The highest BCUT2D eigenvalue weighted by molar-refractivity contribution is 7.07. The molecule has 0 spiro atoms. The molecule has 1 aromatic heterocycles. The van der Waals surface area contributed by atoms with Crippen molar-refractivity contribution in [1.82, 2.24) is 4.90 Å². The van der Waals surface area contributed by atoms with Crippen molar-refractivity contribution >= 4 is 17.2 Å². The molecule has 1 atom stereocenters. The first-order valence-electron chi connectivity index (χ1n) is 6.66. The number of rotatable bonds is 6. The van der Waals surface area contributed by atoms with Gasteiger partial charge in [0.05, 0.1) is 13.0 Å². The smallest absolute Gasteiger partial charge is 0.227 e. The van der Waals surface area contributed by atoms with Crippen LogP contribution in [-0.2, 0) is 16.0 Å². The van der Waals surface area contributed by atoms with E-state index in [-0.39, 0.29) is 5.91 Å². The Bertz CT molecular complexity index is 364. The van der Waals surface area contributed by atoms with Crippen LogP contribution in [0.25, 0.3) is 0 Å². The molecule has 0 aliphatic carbocycles. The highest BCUT2D eigenvalue weighted by Crippen LogP contribution is 2.18. The van der Waals surface area contributed by atoms with Crippen LogP contribution in [0.1, 0.15) is 25.3 Å². The van der Waals surface area contributed by atoms with Gasteiger partial charge < -0.3 is 9.64 Å². The first kappa shape index (κ1) is 13.6. The van der Waals surface area contributed by atoms with Gasteiger partial charge in [-0.1, -0.05) is 6.92 Å². The number of hydrogen-bond acceptors (Lipinski definition) is 3. The number of ether oxygens (including phenoxy) is 1. The van der Waals surface area contributed by atoms with E-state index in [0.29, 0.717) is 12.3 Å². The molecule has 0 N–H and O–H groups in total. The molecule has 1 aromatic rings. The summed E-state index contributed by atoms with van der Waals surface area (Å²) in [5, 5.41) is 4.07. The summed E-state index contributed by atoms with van der Waals surface area (Å²) in [4.78, 5) is 14.1. The van der Waals surface area contributed by atoms with Gasteiger partial charge in [0.2, 0.25) is 5.91 Å². The minimum Gasteiger partial charge on any atom is -0.381 e. The molecule has 0 saturated carbocycles. The fourth-order valence-electron chi connectivity index (χ4n) is 2.27. The lowest BCUT2D eigenvalue weighted by Crippen LogP contribution is -2.30. The van der Waals surface area contributed by atoms with Crippen LogP contribution >= 0.6 is 11.3 Å². The second-order valence-electron chi connectivity index (χ2n) is 4.88. The molecule has 100 valence electrons. The number of thiophene rings is 1. The number of amides is 1. The summed E-state index contributed by atoms with van der Waals surface area (Å²) in [6, 6.07) is 2.03. The topological polar surface area (TPSA) is 29.5 Å². The van der Waals surface area contributed by atoms with Gasteiger partial charge in [-0.3, -0.25) is 4.79 Å². The lowest BCUT2D eigenvalue weighted by molar-refractivity contribution is -0.129. The third kappa shape index (κ3) is 3.82. The van der Waals surface area contributed by atoms with Gasteiger partial charge in [-0.05, 0) is 35.2 Å². The molecule has 4 heteroatoms. The van der Waals surface area contributed by atoms with Gasteiger partial charge in [-0.2, -0.15) is 11.3 Å². The molecule has 1 aliphatic rings. The van der Waals surface area contributed by atoms with Crippen molar-refractivity contribution < 1.29 is 9.53 Å². The lowest BCUT2D eigenvalue weighted by Gasteiger charge is -2.16. The van der Waals surface area contributed by atoms with Gasteiger partial charge in [0.15, 0.2) is 0 Å². The second kappa shape index (κ2) is 6.90. The third-order valence-corrected chi connectivity index (χ3v) is 4.01. The minimum absolute atomic E-state index is 0.256. The highest BCUT2D eigenvalue weighted by atomic mass is 32.1. The van der Waals surface area contributed by atoms with Gasteiger partial charge in [0.1, 0.15) is 0 Å². The quantitative estimate of drug-likeness (QED) is 0.741. The van der Waals surface area contributed by atoms with Crippen molar-refractivity contribution in [3.05, 3.63) is 22.4 Å². The molecule has 1 unspecified atom stereocenters. The van der Waals surface area contributed by atoms with Crippen molar-refractivity contribution in [2.45, 2.75) is 26.2 Å². The summed E-state index contributed by atoms with van der Waals surface area (Å²) in [5.74, 6) is 0.786. The summed E-state index contributed by atoms with van der Waals surface area (Å²) in [6.07, 6.45) is 2.69. The molecular weight excluding hydrogens is 246 g/mol. The maximum absolute atomic E-state index is 12.1. The Morgan fingerprint density at radius 1 is 1.61 bits per heavy atom. The largest absolute Gasteiger partial charge is 0.381 e. The van der Waals surface area contributed by atoms with Crippen LogP contribution in [0.4, 0.5) is 0 Å². The second-order valence-corrected chi connectivity index (χ2v) is 5.66. The summed E-state index contributed by atoms with van der Waals surface area (Å²) in [7, 11) is 0. The molecule has 2 rings (SSSR count). The molecule has 1 amide bonds. The zero-order valence-electron chi connectivity index (χ0n) is 10.9. The SMILES string of the molecule is CCCOCC1CCN(C(=O)Cc2ccsc2)C1. The van der Waals surface area contributed by atoms with Gasteiger partial charge in [0, 0.05) is 25.6 Å². The first-order chi connectivity index (χ1) is 8.79. The van der Waals surface area contributed by atoms with E-state index in [1.165, 1.54) is 0 Å². The fourth-order valence-corrected chi connectivity index (χ4v) is 2.94. The standard InChI is InChI=1S/C14H21NO2S/c1-2-6-17-10-13-3-5-15(9-13)14(16)8-12-4-7-18-11-12/h4,7,11,13H,2-3,5-6,8-10H2,1H3. The van der Waals surface area contributed by atoms with E-state index < -0.39 is 0 Å². The van der Waals surface area contributed by atoms with Crippen molar-refractivity contribution in [1.29, 1.82) is 0 Å². The molecule has 1 fully saturated rings. The average molecular weight is 267 g/mol. The normalized spacial score (nSPS) is 19.4. The van der Waals surface area contributed by atoms with Crippen LogP contribution in [0.15, 0.2) is 16.8 Å². The molecule has 0 radical (unpaired) electrons. The number of likely N-dealkylation sites (tertiary alicyclic amines) is 1. The Morgan fingerprint density at radius 3 is 3.22 bits per heavy atom. The first-order valence-corrected chi connectivity index (χ1v) is 7.60. The molecule has 2 heterocycles. The van der Waals surface area contributed by atoms with Crippen molar-refractivity contribution in [3.8, 4) is 0 Å². The van der Waals surface area contributed by atoms with E-state index in [1.807, 2.05) is 16.3 Å². The number of carbonyl (C=O) groups excluding carboxylic acids is 1. The molecule has 0 aromatic carbocycles. The predicted octanol–water partition coefficient (Wildman–Crippen LogP) is 2.57. The van der Waals surface area contributed by atoms with Crippen molar-refractivity contribution in [3.63, 3.8) is 0 Å². The molecule has 0 bridgehead atoms. The zero-order valence-corrected chi connectivity index (χ0v) is 11.7. The molecule has 3 nitrogen and oxygen atoms in total. The van der Waals surface area contributed by atoms with E-state index in [2.05, 4.69) is 12.3 Å². The summed E-state index contributed by atoms with van der Waals surface area (Å²) >= 11 is 1.65. The molecule has 1 saturated heterocycles.